The van der Waals surface area contributed by atoms with Crippen LogP contribution in [0.25, 0.3) is 0 Å². The lowest BCUT2D eigenvalue weighted by Crippen LogP contribution is -2.12. The molecule has 224 valence electrons. The molecule has 0 radical (unpaired) electrons. The lowest BCUT2D eigenvalue weighted by molar-refractivity contribution is 0.569. The minimum Gasteiger partial charge on any atom is -0.265 e. The molecule has 4 aromatic rings. The third kappa shape index (κ3) is 15.8. The Morgan fingerprint density at radius 3 is 1.05 bits per heavy atom. The first kappa shape index (κ1) is 37.6. The Labute approximate surface area is 252 Å². The van der Waals surface area contributed by atoms with Crippen molar-refractivity contribution in [2.75, 3.05) is 0 Å². The Morgan fingerprint density at radius 1 is 0.390 bits per heavy atom. The number of hydrogen-bond acceptors (Lipinski definition) is 4. The summed E-state index contributed by atoms with van der Waals surface area (Å²) >= 11 is 0. The van der Waals surface area contributed by atoms with Crippen LogP contribution in [-0.4, -0.2) is 19.9 Å². The summed E-state index contributed by atoms with van der Waals surface area (Å²) in [5.74, 6) is 0. The van der Waals surface area contributed by atoms with Crippen LogP contribution in [0.5, 0.6) is 0 Å². The van der Waals surface area contributed by atoms with Crippen LogP contribution in [0, 0.1) is 0 Å². The minimum atomic E-state index is 0. The normalized spacial score (nSPS) is 11.2. The molecule has 4 heteroatoms. The number of rotatable bonds is 0. The maximum absolute atomic E-state index is 4.25. The van der Waals surface area contributed by atoms with Gasteiger partial charge in [-0.2, -0.15) is 0 Å². The first-order chi connectivity index (χ1) is 18.4. The molecular weight excluding hydrogens is 500 g/mol. The standard InChI is InChI=1S/4C9H13N.CH4/c1-9(2,3)8-4-6-10-7-5-8;1-9(2,3)8-5-4-6-10-7-8;2*1-9(2,3)8-6-4-5-7-10-8;/h4*4-7H,1-3H3;1H4. The molecule has 0 atom stereocenters. The highest BCUT2D eigenvalue weighted by molar-refractivity contribution is 5.19. The van der Waals surface area contributed by atoms with Gasteiger partial charge in [0.15, 0.2) is 0 Å². The van der Waals surface area contributed by atoms with Crippen LogP contribution >= 0.6 is 0 Å². The van der Waals surface area contributed by atoms with E-state index in [0.29, 0.717) is 0 Å². The van der Waals surface area contributed by atoms with Gasteiger partial charge in [0.2, 0.25) is 0 Å². The Bertz CT molecular complexity index is 981. The number of nitrogens with zero attached hydrogens (tertiary/aromatic N) is 4. The van der Waals surface area contributed by atoms with E-state index in [1.807, 2.05) is 61.3 Å². The zero-order valence-corrected chi connectivity index (χ0v) is 27.0. The highest BCUT2D eigenvalue weighted by Crippen LogP contribution is 2.21. The summed E-state index contributed by atoms with van der Waals surface area (Å²) in [6.07, 6.45) is 11.1. The molecule has 0 saturated carbocycles. The monoisotopic (exact) mass is 556 g/mol. The van der Waals surface area contributed by atoms with E-state index < -0.39 is 0 Å². The second-order valence-corrected chi connectivity index (χ2v) is 13.9. The first-order valence-electron chi connectivity index (χ1n) is 14.1. The van der Waals surface area contributed by atoms with Gasteiger partial charge in [-0.05, 0) is 64.4 Å². The maximum Gasteiger partial charge on any atom is 0.0457 e. The molecule has 41 heavy (non-hydrogen) atoms. The zero-order chi connectivity index (χ0) is 30.5. The SMILES string of the molecule is C.CC(C)(C)c1ccccn1.CC(C)(C)c1ccccn1.CC(C)(C)c1cccnc1.CC(C)(C)c1ccncc1. The zero-order valence-electron chi connectivity index (χ0n) is 27.0. The van der Waals surface area contributed by atoms with Crippen molar-refractivity contribution in [2.45, 2.75) is 112 Å². The molecule has 4 nitrogen and oxygen atoms in total. The fourth-order valence-corrected chi connectivity index (χ4v) is 3.27. The van der Waals surface area contributed by atoms with Gasteiger partial charge in [0.1, 0.15) is 0 Å². The average Bonchev–Trinajstić information content (AvgIpc) is 2.90. The van der Waals surface area contributed by atoms with Gasteiger partial charge in [-0.1, -0.05) is 109 Å². The van der Waals surface area contributed by atoms with Gasteiger partial charge in [-0.3, -0.25) is 19.9 Å². The van der Waals surface area contributed by atoms with E-state index in [9.17, 15) is 0 Å². The molecule has 0 aromatic carbocycles. The predicted molar refractivity (Wildman–Crippen MR) is 178 cm³/mol. The quantitative estimate of drug-likeness (QED) is 0.216. The summed E-state index contributed by atoms with van der Waals surface area (Å²) in [6.45, 7) is 26.1. The molecule has 0 fully saturated rings. The Hall–Kier alpha value is -3.40. The van der Waals surface area contributed by atoms with Crippen molar-refractivity contribution in [1.82, 2.24) is 19.9 Å². The molecule has 4 heterocycles. The Morgan fingerprint density at radius 2 is 0.829 bits per heavy atom. The molecule has 0 amide bonds. The average molecular weight is 557 g/mol. The van der Waals surface area contributed by atoms with Gasteiger partial charge in [-0.15, -0.1) is 0 Å². The number of aromatic nitrogens is 4. The summed E-state index contributed by atoms with van der Waals surface area (Å²) in [7, 11) is 0. The predicted octanol–water partition coefficient (Wildman–Crippen LogP) is 10.2. The number of hydrogen-bond donors (Lipinski definition) is 0. The molecule has 0 unspecified atom stereocenters. The highest BCUT2D eigenvalue weighted by Gasteiger charge is 2.14. The van der Waals surface area contributed by atoms with Crippen LogP contribution in [-0.2, 0) is 21.7 Å². The van der Waals surface area contributed by atoms with E-state index in [-0.39, 0.29) is 29.1 Å². The molecule has 0 saturated heterocycles. The van der Waals surface area contributed by atoms with Gasteiger partial charge in [-0.25, -0.2) is 0 Å². The lowest BCUT2D eigenvalue weighted by atomic mass is 9.88. The second-order valence-electron chi connectivity index (χ2n) is 13.9. The van der Waals surface area contributed by atoms with Crippen LogP contribution in [0.2, 0.25) is 0 Å². The largest absolute Gasteiger partial charge is 0.265 e. The summed E-state index contributed by atoms with van der Waals surface area (Å²) in [5, 5.41) is 0. The minimum absolute atomic E-state index is 0. The molecule has 0 aliphatic rings. The smallest absolute Gasteiger partial charge is 0.0457 e. The molecule has 0 aliphatic carbocycles. The maximum atomic E-state index is 4.25. The molecule has 4 aromatic heterocycles. The van der Waals surface area contributed by atoms with Crippen LogP contribution in [0.4, 0.5) is 0 Å². The topological polar surface area (TPSA) is 51.6 Å². The van der Waals surface area contributed by atoms with Crippen molar-refractivity contribution in [3.05, 3.63) is 120 Å². The molecule has 0 spiro atoms. The van der Waals surface area contributed by atoms with Gasteiger partial charge < -0.3 is 0 Å². The van der Waals surface area contributed by atoms with E-state index in [4.69, 9.17) is 0 Å². The molecule has 0 aliphatic heterocycles. The Balaban J connectivity index is 0.000000516. The van der Waals surface area contributed by atoms with Crippen molar-refractivity contribution in [1.29, 1.82) is 0 Å². The molecule has 4 rings (SSSR count). The fraction of sp³-hybridized carbons (Fsp3) is 0.459. The molecular formula is C37H56N4. The Kier molecular flexibility index (Phi) is 15.4. The van der Waals surface area contributed by atoms with E-state index in [1.54, 1.807) is 6.20 Å². The van der Waals surface area contributed by atoms with Crippen LogP contribution in [0.1, 0.15) is 113 Å². The third-order valence-electron chi connectivity index (χ3n) is 5.94. The van der Waals surface area contributed by atoms with Gasteiger partial charge in [0, 0.05) is 59.4 Å². The highest BCUT2D eigenvalue weighted by atomic mass is 14.7. The van der Waals surface area contributed by atoms with Gasteiger partial charge in [0.25, 0.3) is 0 Å². The van der Waals surface area contributed by atoms with Gasteiger partial charge in [0.05, 0.1) is 0 Å². The van der Waals surface area contributed by atoms with Crippen molar-refractivity contribution >= 4 is 0 Å². The van der Waals surface area contributed by atoms with Crippen LogP contribution in [0.15, 0.2) is 97.8 Å². The fourth-order valence-electron chi connectivity index (χ4n) is 3.27. The van der Waals surface area contributed by atoms with E-state index >= 15 is 0 Å². The van der Waals surface area contributed by atoms with Gasteiger partial charge >= 0.3 is 0 Å². The van der Waals surface area contributed by atoms with E-state index in [0.717, 1.165) is 11.4 Å². The van der Waals surface area contributed by atoms with Crippen molar-refractivity contribution in [3.63, 3.8) is 0 Å². The summed E-state index contributed by atoms with van der Waals surface area (Å²) in [4.78, 5) is 16.5. The molecule has 0 N–H and O–H groups in total. The first-order valence-corrected chi connectivity index (χ1v) is 14.1. The second kappa shape index (κ2) is 16.8. The van der Waals surface area contributed by atoms with Crippen molar-refractivity contribution < 1.29 is 0 Å². The van der Waals surface area contributed by atoms with Crippen molar-refractivity contribution in [2.24, 2.45) is 0 Å². The summed E-state index contributed by atoms with van der Waals surface area (Å²) in [5.41, 5.74) is 5.77. The van der Waals surface area contributed by atoms with Crippen LogP contribution < -0.4 is 0 Å². The van der Waals surface area contributed by atoms with E-state index in [2.05, 4.69) is 133 Å². The summed E-state index contributed by atoms with van der Waals surface area (Å²) in [6, 6.07) is 20.2. The van der Waals surface area contributed by atoms with E-state index in [1.165, 1.54) is 11.1 Å². The summed E-state index contributed by atoms with van der Waals surface area (Å²) < 4.78 is 0. The lowest BCUT2D eigenvalue weighted by Gasteiger charge is -2.17. The molecule has 0 bridgehead atoms. The van der Waals surface area contributed by atoms with Crippen molar-refractivity contribution in [3.8, 4) is 0 Å². The number of pyridine rings is 4. The van der Waals surface area contributed by atoms with Crippen LogP contribution in [0.3, 0.4) is 0 Å². The third-order valence-corrected chi connectivity index (χ3v) is 5.94.